The topological polar surface area (TPSA) is 103 Å². The predicted octanol–water partition coefficient (Wildman–Crippen LogP) is -0.0361. The smallest absolute Gasteiger partial charge is 0.343 e. The Bertz CT molecular complexity index is 466. The summed E-state index contributed by atoms with van der Waals surface area (Å²) < 4.78 is 6.14. The molecule has 1 rings (SSSR count). The molecule has 1 atom stereocenters. The van der Waals surface area contributed by atoms with E-state index in [1.807, 2.05) is 6.92 Å². The summed E-state index contributed by atoms with van der Waals surface area (Å²) in [5.41, 5.74) is 4.57. The highest BCUT2D eigenvalue weighted by molar-refractivity contribution is 7.99. The molecule has 0 amide bonds. The number of esters is 1. The second-order valence-electron chi connectivity index (χ2n) is 4.06. The third-order valence-corrected chi connectivity index (χ3v) is 3.52. The highest BCUT2D eigenvalue weighted by Gasteiger charge is 2.29. The fourth-order valence-electron chi connectivity index (χ4n) is 1.38. The molecular weight excluding hydrogens is 256 g/mol. The van der Waals surface area contributed by atoms with Crippen molar-refractivity contribution in [1.29, 1.82) is 0 Å². The number of carbonyl (C=O) groups is 1. The zero-order valence-electron chi connectivity index (χ0n) is 10.7. The van der Waals surface area contributed by atoms with Crippen molar-refractivity contribution in [2.45, 2.75) is 37.5 Å². The molecule has 102 valence electrons. The van der Waals surface area contributed by atoms with Gasteiger partial charge < -0.3 is 10.5 Å². The molecule has 0 aliphatic heterocycles. The van der Waals surface area contributed by atoms with Crippen LogP contribution in [0.4, 0.5) is 0 Å². The number of nitrogens with two attached hydrogens (primary N) is 1. The van der Waals surface area contributed by atoms with Crippen LogP contribution in [0.3, 0.4) is 0 Å². The van der Waals surface area contributed by atoms with Crippen molar-refractivity contribution >= 4 is 17.7 Å². The number of aromatic amines is 1. The molecule has 1 unspecified atom stereocenters. The van der Waals surface area contributed by atoms with Gasteiger partial charge in [0.15, 0.2) is 5.16 Å². The molecule has 0 spiro atoms. The number of methoxy groups -OCH3 is 1. The molecule has 7 nitrogen and oxygen atoms in total. The molecule has 3 N–H and O–H groups in total. The summed E-state index contributed by atoms with van der Waals surface area (Å²) in [6.45, 7) is 4.04. The molecule has 0 aliphatic carbocycles. The van der Waals surface area contributed by atoms with E-state index in [-0.39, 0.29) is 5.69 Å². The molecule has 0 bridgehead atoms. The molecule has 0 aromatic carbocycles. The van der Waals surface area contributed by atoms with Gasteiger partial charge in [-0.1, -0.05) is 11.8 Å². The van der Waals surface area contributed by atoms with Gasteiger partial charge in [-0.05, 0) is 20.3 Å². The van der Waals surface area contributed by atoms with E-state index in [0.29, 0.717) is 23.9 Å². The van der Waals surface area contributed by atoms with Crippen LogP contribution in [0, 0.1) is 0 Å². The van der Waals surface area contributed by atoms with Gasteiger partial charge in [0, 0.05) is 12.3 Å². The minimum absolute atomic E-state index is 0.233. The summed E-state index contributed by atoms with van der Waals surface area (Å²) in [6.07, 6.45) is 0.440. The van der Waals surface area contributed by atoms with Crippen LogP contribution < -0.4 is 11.4 Å². The van der Waals surface area contributed by atoms with Crippen molar-refractivity contribution in [3.63, 3.8) is 0 Å². The predicted molar refractivity (Wildman–Crippen MR) is 68.5 cm³/mol. The molecule has 8 heteroatoms. The zero-order chi connectivity index (χ0) is 13.8. The van der Waals surface area contributed by atoms with Gasteiger partial charge in [0.1, 0.15) is 5.54 Å². The Hall–Kier alpha value is -1.28. The average Bonchev–Trinajstić information content (AvgIpc) is 2.68. The average molecular weight is 274 g/mol. The van der Waals surface area contributed by atoms with Gasteiger partial charge in [-0.2, -0.15) is 0 Å². The Morgan fingerprint density at radius 2 is 2.33 bits per heavy atom. The maximum Gasteiger partial charge on any atom is 0.343 e. The summed E-state index contributed by atoms with van der Waals surface area (Å²) >= 11 is 1.38. The van der Waals surface area contributed by atoms with E-state index in [4.69, 9.17) is 5.73 Å². The maximum atomic E-state index is 11.4. The Morgan fingerprint density at radius 3 is 2.89 bits per heavy atom. The molecule has 1 aromatic heterocycles. The summed E-state index contributed by atoms with van der Waals surface area (Å²) in [5, 5.41) is 6.89. The summed E-state index contributed by atoms with van der Waals surface area (Å²) in [6, 6.07) is 0. The van der Waals surface area contributed by atoms with E-state index < -0.39 is 11.5 Å². The largest absolute Gasteiger partial charge is 0.468 e. The second kappa shape index (κ2) is 6.05. The molecule has 18 heavy (non-hydrogen) atoms. The lowest BCUT2D eigenvalue weighted by Crippen LogP contribution is -2.46. The zero-order valence-corrected chi connectivity index (χ0v) is 11.5. The van der Waals surface area contributed by atoms with Crippen molar-refractivity contribution in [3.8, 4) is 0 Å². The van der Waals surface area contributed by atoms with Gasteiger partial charge >= 0.3 is 11.7 Å². The third kappa shape index (κ3) is 3.36. The highest BCUT2D eigenvalue weighted by Crippen LogP contribution is 2.18. The molecule has 0 fully saturated rings. The van der Waals surface area contributed by atoms with Crippen LogP contribution in [-0.4, -0.2) is 39.1 Å². The lowest BCUT2D eigenvalue weighted by Gasteiger charge is -2.20. The Kier molecular flexibility index (Phi) is 4.97. The third-order valence-electron chi connectivity index (χ3n) is 2.54. The van der Waals surface area contributed by atoms with Crippen molar-refractivity contribution in [2.24, 2.45) is 5.73 Å². The van der Waals surface area contributed by atoms with Crippen LogP contribution in [0.1, 0.15) is 20.3 Å². The van der Waals surface area contributed by atoms with Crippen LogP contribution in [0.2, 0.25) is 0 Å². The lowest BCUT2D eigenvalue weighted by molar-refractivity contribution is -0.146. The second-order valence-corrected chi connectivity index (χ2v) is 5.13. The van der Waals surface area contributed by atoms with E-state index in [9.17, 15) is 9.59 Å². The fourth-order valence-corrected chi connectivity index (χ4v) is 2.57. The van der Waals surface area contributed by atoms with Gasteiger partial charge in [-0.25, -0.2) is 9.89 Å². The van der Waals surface area contributed by atoms with Gasteiger partial charge in [-0.3, -0.25) is 9.36 Å². The number of nitrogens with zero attached hydrogens (tertiary/aromatic N) is 2. The number of nitrogens with one attached hydrogen (secondary N) is 1. The van der Waals surface area contributed by atoms with Crippen LogP contribution in [0.5, 0.6) is 0 Å². The number of ether oxygens (including phenoxy) is 1. The molecule has 0 radical (unpaired) electrons. The lowest BCUT2D eigenvalue weighted by atomic mass is 10.0. The van der Waals surface area contributed by atoms with Crippen LogP contribution >= 0.6 is 11.8 Å². The maximum absolute atomic E-state index is 11.4. The summed E-state index contributed by atoms with van der Waals surface area (Å²) in [4.78, 5) is 22.7. The minimum Gasteiger partial charge on any atom is -0.468 e. The van der Waals surface area contributed by atoms with E-state index in [0.717, 1.165) is 0 Å². The molecule has 0 saturated carbocycles. The first-order valence-electron chi connectivity index (χ1n) is 5.57. The normalized spacial score (nSPS) is 14.2. The van der Waals surface area contributed by atoms with Crippen LogP contribution in [0.15, 0.2) is 9.95 Å². The van der Waals surface area contributed by atoms with Crippen LogP contribution in [0.25, 0.3) is 0 Å². The Labute approximate surface area is 109 Å². The van der Waals surface area contributed by atoms with E-state index >= 15 is 0 Å². The quantitative estimate of drug-likeness (QED) is 0.557. The number of hydrogen-bond acceptors (Lipinski definition) is 6. The van der Waals surface area contributed by atoms with Crippen molar-refractivity contribution < 1.29 is 9.53 Å². The molecule has 1 heterocycles. The van der Waals surface area contributed by atoms with E-state index in [1.165, 1.54) is 23.4 Å². The van der Waals surface area contributed by atoms with Gasteiger partial charge in [0.05, 0.1) is 7.11 Å². The molecular formula is C10H18N4O3S. The van der Waals surface area contributed by atoms with Crippen LogP contribution in [-0.2, 0) is 16.1 Å². The first-order valence-corrected chi connectivity index (χ1v) is 6.56. The first-order chi connectivity index (χ1) is 8.42. The van der Waals surface area contributed by atoms with Crippen molar-refractivity contribution in [3.05, 3.63) is 10.5 Å². The SMILES string of the molecule is CCn1c(SCCC(C)(N)C(=O)OC)n[nH]c1=O. The van der Waals surface area contributed by atoms with Gasteiger partial charge in [0.2, 0.25) is 0 Å². The number of H-pyrrole nitrogens is 1. The minimum atomic E-state index is -1.02. The monoisotopic (exact) mass is 274 g/mol. The molecule has 0 aliphatic rings. The summed E-state index contributed by atoms with van der Waals surface area (Å²) in [7, 11) is 1.31. The number of thioether (sulfide) groups is 1. The summed E-state index contributed by atoms with van der Waals surface area (Å²) in [5.74, 6) is 0.129. The highest BCUT2D eigenvalue weighted by atomic mass is 32.2. The molecule has 1 aromatic rings. The standard InChI is InChI=1S/C10H18N4O3S/c1-4-14-8(16)12-13-9(14)18-6-5-10(2,11)7(15)17-3/h4-6,11H2,1-3H3,(H,12,16). The Balaban J connectivity index is 2.56. The van der Waals surface area contributed by atoms with Gasteiger partial charge in [-0.15, -0.1) is 5.10 Å². The number of hydrogen-bond donors (Lipinski definition) is 2. The number of carbonyl (C=O) groups excluding carboxylic acids is 1. The first kappa shape index (κ1) is 14.8. The Morgan fingerprint density at radius 1 is 1.67 bits per heavy atom. The van der Waals surface area contributed by atoms with E-state index in [2.05, 4.69) is 14.9 Å². The van der Waals surface area contributed by atoms with Crippen molar-refractivity contribution in [1.82, 2.24) is 14.8 Å². The van der Waals surface area contributed by atoms with Gasteiger partial charge in [0.25, 0.3) is 0 Å². The number of aromatic nitrogens is 3. The van der Waals surface area contributed by atoms with Crippen molar-refractivity contribution in [2.75, 3.05) is 12.9 Å². The number of rotatable bonds is 6. The fraction of sp³-hybridized carbons (Fsp3) is 0.700. The van der Waals surface area contributed by atoms with E-state index in [1.54, 1.807) is 6.92 Å². The molecule has 0 saturated heterocycles.